The summed E-state index contributed by atoms with van der Waals surface area (Å²) < 4.78 is 10.6. The number of non-ortho nitro benzene ring substituents is 1. The van der Waals surface area contributed by atoms with E-state index < -0.39 is 4.92 Å². The van der Waals surface area contributed by atoms with Crippen LogP contribution in [0.1, 0.15) is 5.56 Å². The van der Waals surface area contributed by atoms with E-state index in [-0.39, 0.29) is 18.0 Å². The van der Waals surface area contributed by atoms with Gasteiger partial charge < -0.3 is 19.3 Å². The highest BCUT2D eigenvalue weighted by atomic mass is 16.6. The Hall–Kier alpha value is -3.29. The topological polar surface area (TPSA) is 85.2 Å². The van der Waals surface area contributed by atoms with Crippen LogP contribution < -0.4 is 14.4 Å². The van der Waals surface area contributed by atoms with Crippen LogP contribution in [0.4, 0.5) is 11.4 Å². The minimum absolute atomic E-state index is 0.0480. The van der Waals surface area contributed by atoms with Crippen LogP contribution in [-0.4, -0.2) is 56.1 Å². The first-order chi connectivity index (χ1) is 13.5. The summed E-state index contributed by atoms with van der Waals surface area (Å²) in [6.45, 7) is 2.58. The number of carbonyl (C=O) groups is 1. The molecular weight excluding hydrogens is 362 g/mol. The minimum atomic E-state index is -0.409. The first-order valence-electron chi connectivity index (χ1n) is 9.00. The van der Waals surface area contributed by atoms with Crippen molar-refractivity contribution in [3.05, 3.63) is 58.1 Å². The molecule has 0 spiro atoms. The average molecular weight is 385 g/mol. The SMILES string of the molecule is COc1ccc(CC(=O)N2CCN(c3ccc([N+](=O)[O-])cc3)CC2)c(OC)c1. The molecule has 2 aromatic rings. The maximum absolute atomic E-state index is 12.7. The van der Waals surface area contributed by atoms with E-state index in [1.165, 1.54) is 12.1 Å². The number of anilines is 1. The summed E-state index contributed by atoms with van der Waals surface area (Å²) in [7, 11) is 3.16. The van der Waals surface area contributed by atoms with Gasteiger partial charge in [0, 0.05) is 55.6 Å². The number of hydrogen-bond donors (Lipinski definition) is 0. The fourth-order valence-electron chi connectivity index (χ4n) is 3.27. The standard InChI is InChI=1S/C20H23N3O5/c1-27-18-8-3-15(19(14-18)28-2)13-20(24)22-11-9-21(10-12-22)16-4-6-17(7-5-16)23(25)26/h3-8,14H,9-13H2,1-2H3. The molecule has 1 fully saturated rings. The Balaban J connectivity index is 1.58. The van der Waals surface area contributed by atoms with Crippen molar-refractivity contribution in [2.75, 3.05) is 45.3 Å². The number of nitrogens with zero attached hydrogens (tertiary/aromatic N) is 3. The lowest BCUT2D eigenvalue weighted by Crippen LogP contribution is -2.49. The number of carbonyl (C=O) groups excluding carboxylic acids is 1. The van der Waals surface area contributed by atoms with Crippen LogP contribution in [0.25, 0.3) is 0 Å². The summed E-state index contributed by atoms with van der Waals surface area (Å²) in [4.78, 5) is 27.0. The molecule has 2 aromatic carbocycles. The number of ether oxygens (including phenoxy) is 2. The lowest BCUT2D eigenvalue weighted by molar-refractivity contribution is -0.384. The zero-order chi connectivity index (χ0) is 20.1. The molecule has 0 saturated carbocycles. The van der Waals surface area contributed by atoms with Crippen molar-refractivity contribution in [1.82, 2.24) is 4.90 Å². The van der Waals surface area contributed by atoms with Gasteiger partial charge in [-0.3, -0.25) is 14.9 Å². The van der Waals surface area contributed by atoms with Gasteiger partial charge >= 0.3 is 0 Å². The van der Waals surface area contributed by atoms with Crippen molar-refractivity contribution in [3.63, 3.8) is 0 Å². The highest BCUT2D eigenvalue weighted by Gasteiger charge is 2.22. The van der Waals surface area contributed by atoms with Gasteiger partial charge in [-0.25, -0.2) is 0 Å². The Morgan fingerprint density at radius 2 is 1.71 bits per heavy atom. The van der Waals surface area contributed by atoms with Gasteiger partial charge in [-0.15, -0.1) is 0 Å². The Labute approximate surface area is 163 Å². The molecule has 0 atom stereocenters. The van der Waals surface area contributed by atoms with Crippen LogP contribution in [0.3, 0.4) is 0 Å². The molecule has 0 radical (unpaired) electrons. The van der Waals surface area contributed by atoms with Crippen molar-refractivity contribution in [2.45, 2.75) is 6.42 Å². The van der Waals surface area contributed by atoms with Crippen LogP contribution in [-0.2, 0) is 11.2 Å². The highest BCUT2D eigenvalue weighted by Crippen LogP contribution is 2.26. The third-order valence-electron chi connectivity index (χ3n) is 4.89. The number of amides is 1. The summed E-state index contributed by atoms with van der Waals surface area (Å²) in [6, 6.07) is 11.9. The first kappa shape index (κ1) is 19.5. The number of nitro benzene ring substituents is 1. The molecule has 0 N–H and O–H groups in total. The van der Waals surface area contributed by atoms with Gasteiger partial charge in [0.1, 0.15) is 11.5 Å². The van der Waals surface area contributed by atoms with Crippen molar-refractivity contribution in [1.29, 1.82) is 0 Å². The van der Waals surface area contributed by atoms with E-state index in [4.69, 9.17) is 9.47 Å². The monoisotopic (exact) mass is 385 g/mol. The summed E-state index contributed by atoms with van der Waals surface area (Å²) in [5.74, 6) is 1.37. The highest BCUT2D eigenvalue weighted by molar-refractivity contribution is 5.80. The summed E-state index contributed by atoms with van der Waals surface area (Å²) in [5, 5.41) is 10.8. The molecule has 0 unspecified atom stereocenters. The maximum Gasteiger partial charge on any atom is 0.269 e. The Kier molecular flexibility index (Phi) is 5.98. The molecule has 8 heteroatoms. The Morgan fingerprint density at radius 3 is 2.29 bits per heavy atom. The smallest absolute Gasteiger partial charge is 0.269 e. The third-order valence-corrected chi connectivity index (χ3v) is 4.89. The van der Waals surface area contributed by atoms with Crippen LogP contribution in [0.2, 0.25) is 0 Å². The Bertz CT molecular complexity index is 845. The molecular formula is C20H23N3O5. The molecule has 1 aliphatic rings. The number of piperazine rings is 1. The van der Waals surface area contributed by atoms with E-state index in [1.54, 1.807) is 32.4 Å². The van der Waals surface area contributed by atoms with Gasteiger partial charge in [0.2, 0.25) is 5.91 Å². The summed E-state index contributed by atoms with van der Waals surface area (Å²) in [5.41, 5.74) is 1.83. The number of rotatable bonds is 6. The molecule has 0 aliphatic carbocycles. The van der Waals surface area contributed by atoms with Gasteiger partial charge in [0.15, 0.2) is 0 Å². The van der Waals surface area contributed by atoms with E-state index in [9.17, 15) is 14.9 Å². The van der Waals surface area contributed by atoms with Crippen molar-refractivity contribution in [3.8, 4) is 11.5 Å². The average Bonchev–Trinajstić information content (AvgIpc) is 2.74. The molecule has 1 aliphatic heterocycles. The summed E-state index contributed by atoms with van der Waals surface area (Å²) in [6.07, 6.45) is 0.269. The van der Waals surface area contributed by atoms with Gasteiger partial charge in [0.05, 0.1) is 25.6 Å². The predicted octanol–water partition coefficient (Wildman–Crippen LogP) is 2.50. The van der Waals surface area contributed by atoms with Gasteiger partial charge in [-0.2, -0.15) is 0 Å². The van der Waals surface area contributed by atoms with Crippen LogP contribution in [0, 0.1) is 10.1 Å². The fourth-order valence-corrected chi connectivity index (χ4v) is 3.27. The molecule has 1 saturated heterocycles. The normalized spacial score (nSPS) is 13.9. The van der Waals surface area contributed by atoms with Crippen molar-refractivity contribution >= 4 is 17.3 Å². The first-order valence-corrected chi connectivity index (χ1v) is 9.00. The number of nitro groups is 1. The number of benzene rings is 2. The molecule has 8 nitrogen and oxygen atoms in total. The van der Waals surface area contributed by atoms with Crippen LogP contribution in [0.5, 0.6) is 11.5 Å². The predicted molar refractivity (Wildman–Crippen MR) is 105 cm³/mol. The van der Waals surface area contributed by atoms with Gasteiger partial charge in [0.25, 0.3) is 5.69 Å². The fraction of sp³-hybridized carbons (Fsp3) is 0.350. The zero-order valence-corrected chi connectivity index (χ0v) is 16.0. The quantitative estimate of drug-likeness (QED) is 0.561. The van der Waals surface area contributed by atoms with E-state index >= 15 is 0 Å². The summed E-state index contributed by atoms with van der Waals surface area (Å²) >= 11 is 0. The molecule has 1 heterocycles. The van der Waals surface area contributed by atoms with E-state index in [1.807, 2.05) is 17.0 Å². The second-order valence-corrected chi connectivity index (χ2v) is 6.50. The zero-order valence-electron chi connectivity index (χ0n) is 16.0. The lowest BCUT2D eigenvalue weighted by Gasteiger charge is -2.36. The largest absolute Gasteiger partial charge is 0.497 e. The Morgan fingerprint density at radius 1 is 1.04 bits per heavy atom. The second-order valence-electron chi connectivity index (χ2n) is 6.50. The third kappa shape index (κ3) is 4.33. The van der Waals surface area contributed by atoms with Gasteiger partial charge in [-0.1, -0.05) is 6.07 Å². The van der Waals surface area contributed by atoms with E-state index in [0.717, 1.165) is 11.3 Å². The number of hydrogen-bond acceptors (Lipinski definition) is 6. The molecule has 1 amide bonds. The lowest BCUT2D eigenvalue weighted by atomic mass is 10.1. The van der Waals surface area contributed by atoms with Crippen molar-refractivity contribution < 1.29 is 19.2 Å². The number of methoxy groups -OCH3 is 2. The molecule has 3 rings (SSSR count). The molecule has 0 bridgehead atoms. The molecule has 0 aromatic heterocycles. The molecule has 28 heavy (non-hydrogen) atoms. The van der Waals surface area contributed by atoms with Crippen molar-refractivity contribution in [2.24, 2.45) is 0 Å². The van der Waals surface area contributed by atoms with E-state index in [0.29, 0.717) is 37.7 Å². The van der Waals surface area contributed by atoms with Crippen LogP contribution in [0.15, 0.2) is 42.5 Å². The second kappa shape index (κ2) is 8.60. The van der Waals surface area contributed by atoms with Gasteiger partial charge in [-0.05, 0) is 18.2 Å². The minimum Gasteiger partial charge on any atom is -0.497 e. The maximum atomic E-state index is 12.7. The van der Waals surface area contributed by atoms with E-state index in [2.05, 4.69) is 4.90 Å². The van der Waals surface area contributed by atoms with Crippen LogP contribution >= 0.6 is 0 Å². The molecule has 148 valence electrons.